The maximum absolute atomic E-state index is 14.0. The summed E-state index contributed by atoms with van der Waals surface area (Å²) in [4.78, 5) is 44.2. The summed E-state index contributed by atoms with van der Waals surface area (Å²) in [7, 11) is 2.87. The van der Waals surface area contributed by atoms with E-state index in [1.54, 1.807) is 75.6 Å². The molecule has 2 aromatic heterocycles. The first kappa shape index (κ1) is 29.6. The number of methoxy groups -OCH3 is 2. The second-order valence-electron chi connectivity index (χ2n) is 9.42. The summed E-state index contributed by atoms with van der Waals surface area (Å²) >= 11 is 1.19. The number of benzene rings is 2. The number of carbonyl (C=O) groups excluding carboxylic acids is 2. The van der Waals surface area contributed by atoms with Crippen molar-refractivity contribution in [3.63, 3.8) is 0 Å². The van der Waals surface area contributed by atoms with Crippen molar-refractivity contribution < 1.29 is 33.0 Å². The number of allylic oxidation sites excluding steroid dienone is 1. The minimum absolute atomic E-state index is 0.170. The van der Waals surface area contributed by atoms with Gasteiger partial charge in [-0.3, -0.25) is 9.36 Å². The van der Waals surface area contributed by atoms with E-state index in [0.29, 0.717) is 61.3 Å². The van der Waals surface area contributed by atoms with E-state index >= 15 is 0 Å². The molecule has 0 saturated carbocycles. The van der Waals surface area contributed by atoms with Crippen LogP contribution in [0.15, 0.2) is 80.1 Å². The highest BCUT2D eigenvalue weighted by atomic mass is 32.1. The van der Waals surface area contributed by atoms with Crippen molar-refractivity contribution >= 4 is 29.4 Å². The van der Waals surface area contributed by atoms with Gasteiger partial charge in [-0.25, -0.2) is 14.6 Å². The highest BCUT2D eigenvalue weighted by molar-refractivity contribution is 7.07. The predicted octanol–water partition coefficient (Wildman–Crippen LogP) is 4.25. The Balaban J connectivity index is 1.62. The Bertz CT molecular complexity index is 1910. The molecule has 43 heavy (non-hydrogen) atoms. The third-order valence-electron chi connectivity index (χ3n) is 6.79. The smallest absolute Gasteiger partial charge is 0.338 e. The van der Waals surface area contributed by atoms with E-state index < -0.39 is 18.0 Å². The highest BCUT2D eigenvalue weighted by Gasteiger charge is 2.34. The quantitative estimate of drug-likeness (QED) is 0.261. The van der Waals surface area contributed by atoms with Crippen LogP contribution in [0.5, 0.6) is 11.5 Å². The van der Waals surface area contributed by atoms with Gasteiger partial charge in [0.25, 0.3) is 5.56 Å². The first-order valence-electron chi connectivity index (χ1n) is 13.6. The number of rotatable bonds is 9. The molecule has 10 nitrogen and oxygen atoms in total. The van der Waals surface area contributed by atoms with Gasteiger partial charge in [0.15, 0.2) is 16.3 Å². The van der Waals surface area contributed by atoms with Crippen molar-refractivity contribution in [3.05, 3.63) is 102 Å². The molecular weight excluding hydrogens is 572 g/mol. The number of hydrogen-bond donors (Lipinski definition) is 0. The lowest BCUT2D eigenvalue weighted by Crippen LogP contribution is -2.39. The van der Waals surface area contributed by atoms with E-state index in [1.807, 2.05) is 13.0 Å². The van der Waals surface area contributed by atoms with Gasteiger partial charge in [0.05, 0.1) is 54.8 Å². The third kappa shape index (κ3) is 5.76. The van der Waals surface area contributed by atoms with Gasteiger partial charge in [0.1, 0.15) is 11.5 Å². The SMILES string of the molecule is CCOC(=O)C1=C(C)N=c2s/c(=C\c3ccc(-c4cccc(C(=O)OC)c4)o3)c(=O)n2[C@H]1c1ccc(OC)c(OCC)c1. The van der Waals surface area contributed by atoms with Crippen molar-refractivity contribution in [1.29, 1.82) is 0 Å². The first-order chi connectivity index (χ1) is 20.8. The number of furan rings is 1. The monoisotopic (exact) mass is 602 g/mol. The Hall–Kier alpha value is -4.90. The van der Waals surface area contributed by atoms with E-state index in [4.69, 9.17) is 23.4 Å². The number of fused-ring (bicyclic) bond motifs is 1. The lowest BCUT2D eigenvalue weighted by Gasteiger charge is -2.25. The fraction of sp³-hybridized carbons (Fsp3) is 0.250. The van der Waals surface area contributed by atoms with Crippen LogP contribution >= 0.6 is 11.3 Å². The fourth-order valence-corrected chi connectivity index (χ4v) is 5.90. The molecular formula is C32H30N2O8S. The standard InChI is InChI=1S/C32H30N2O8S/c1-6-40-25-16-20(11-13-24(25)38-4)28-27(31(37)41-7-2)18(3)33-32-34(28)29(35)26(43-32)17-22-12-14-23(42-22)19-9-8-10-21(15-19)30(36)39-5/h8-17,28H,6-7H2,1-5H3/b26-17-/t28-/m0/s1. The number of hydrogen-bond acceptors (Lipinski definition) is 10. The number of esters is 2. The summed E-state index contributed by atoms with van der Waals surface area (Å²) in [6, 6.07) is 14.9. The zero-order valence-electron chi connectivity index (χ0n) is 24.3. The summed E-state index contributed by atoms with van der Waals surface area (Å²) in [5, 5.41) is 0. The molecule has 0 spiro atoms. The van der Waals surface area contributed by atoms with Crippen LogP contribution in [0.4, 0.5) is 0 Å². The molecule has 0 radical (unpaired) electrons. The molecule has 11 heteroatoms. The van der Waals surface area contributed by atoms with Gasteiger partial charge in [0.2, 0.25) is 0 Å². The number of aromatic nitrogens is 1. The average Bonchev–Trinajstić information content (AvgIpc) is 3.60. The predicted molar refractivity (Wildman–Crippen MR) is 160 cm³/mol. The maximum Gasteiger partial charge on any atom is 0.338 e. The van der Waals surface area contributed by atoms with Crippen LogP contribution in [0.2, 0.25) is 0 Å². The van der Waals surface area contributed by atoms with Crippen LogP contribution in [0.25, 0.3) is 17.4 Å². The lowest BCUT2D eigenvalue weighted by molar-refractivity contribution is -0.139. The van der Waals surface area contributed by atoms with E-state index in [-0.39, 0.29) is 17.7 Å². The van der Waals surface area contributed by atoms with Gasteiger partial charge >= 0.3 is 11.9 Å². The molecule has 1 aliphatic rings. The van der Waals surface area contributed by atoms with Crippen LogP contribution in [-0.2, 0) is 14.3 Å². The summed E-state index contributed by atoms with van der Waals surface area (Å²) in [6.07, 6.45) is 1.64. The van der Waals surface area contributed by atoms with Crippen molar-refractivity contribution in [1.82, 2.24) is 4.57 Å². The largest absolute Gasteiger partial charge is 0.493 e. The average molecular weight is 603 g/mol. The Morgan fingerprint density at radius 3 is 2.56 bits per heavy atom. The Kier molecular flexibility index (Phi) is 8.63. The van der Waals surface area contributed by atoms with Gasteiger partial charge in [-0.2, -0.15) is 0 Å². The van der Waals surface area contributed by atoms with E-state index in [2.05, 4.69) is 4.99 Å². The minimum atomic E-state index is -0.809. The number of thiazole rings is 1. The maximum atomic E-state index is 14.0. The zero-order valence-corrected chi connectivity index (χ0v) is 25.2. The number of carbonyl (C=O) groups is 2. The van der Waals surface area contributed by atoms with Gasteiger partial charge in [-0.1, -0.05) is 29.5 Å². The Morgan fingerprint density at radius 1 is 1.02 bits per heavy atom. The van der Waals surface area contributed by atoms with Crippen molar-refractivity contribution in [2.45, 2.75) is 26.8 Å². The van der Waals surface area contributed by atoms with Gasteiger partial charge in [0, 0.05) is 11.6 Å². The summed E-state index contributed by atoms with van der Waals surface area (Å²) in [5.41, 5.74) is 2.09. The van der Waals surface area contributed by atoms with Gasteiger partial charge in [-0.05, 0) is 62.7 Å². The topological polar surface area (TPSA) is 119 Å². The molecule has 1 aliphatic heterocycles. The van der Waals surface area contributed by atoms with Crippen molar-refractivity contribution in [3.8, 4) is 22.8 Å². The molecule has 0 aliphatic carbocycles. The molecule has 0 fully saturated rings. The summed E-state index contributed by atoms with van der Waals surface area (Å²) in [6.45, 7) is 5.88. The highest BCUT2D eigenvalue weighted by Crippen LogP contribution is 2.36. The molecule has 0 bridgehead atoms. The Labute approximate surface area is 251 Å². The van der Waals surface area contributed by atoms with Crippen LogP contribution in [0, 0.1) is 0 Å². The van der Waals surface area contributed by atoms with Crippen LogP contribution < -0.4 is 24.4 Å². The lowest BCUT2D eigenvalue weighted by atomic mass is 9.95. The van der Waals surface area contributed by atoms with E-state index in [9.17, 15) is 14.4 Å². The second-order valence-corrected chi connectivity index (χ2v) is 10.4. The molecule has 2 aromatic carbocycles. The first-order valence-corrected chi connectivity index (χ1v) is 14.4. The van der Waals surface area contributed by atoms with Crippen LogP contribution in [0.3, 0.4) is 0 Å². The van der Waals surface area contributed by atoms with Crippen molar-refractivity contribution in [2.24, 2.45) is 4.99 Å². The molecule has 0 N–H and O–H groups in total. The molecule has 0 amide bonds. The number of nitrogens with zero attached hydrogens (tertiary/aromatic N) is 2. The summed E-state index contributed by atoms with van der Waals surface area (Å²) < 4.78 is 29.3. The molecule has 4 aromatic rings. The van der Waals surface area contributed by atoms with Crippen molar-refractivity contribution in [2.75, 3.05) is 27.4 Å². The van der Waals surface area contributed by atoms with E-state index in [0.717, 1.165) is 0 Å². The zero-order chi connectivity index (χ0) is 30.7. The van der Waals surface area contributed by atoms with Gasteiger partial charge < -0.3 is 23.4 Å². The second kappa shape index (κ2) is 12.5. The molecule has 222 valence electrons. The molecule has 0 unspecified atom stereocenters. The molecule has 0 saturated heterocycles. The van der Waals surface area contributed by atoms with E-state index in [1.165, 1.54) is 23.0 Å². The Morgan fingerprint density at radius 2 is 1.84 bits per heavy atom. The third-order valence-corrected chi connectivity index (χ3v) is 7.77. The number of ether oxygens (including phenoxy) is 4. The molecule has 1 atom stereocenters. The minimum Gasteiger partial charge on any atom is -0.493 e. The fourth-order valence-electron chi connectivity index (χ4n) is 4.87. The van der Waals surface area contributed by atoms with Gasteiger partial charge in [-0.15, -0.1) is 0 Å². The van der Waals surface area contributed by atoms with Crippen LogP contribution in [0.1, 0.15) is 48.5 Å². The molecule has 5 rings (SSSR count). The summed E-state index contributed by atoms with van der Waals surface area (Å²) in [5.74, 6) is 0.965. The molecule has 3 heterocycles. The normalized spacial score (nSPS) is 14.6. The van der Waals surface area contributed by atoms with Crippen LogP contribution in [-0.4, -0.2) is 43.9 Å².